The molecule has 7 heteroatoms. The predicted molar refractivity (Wildman–Crippen MR) is 61.8 cm³/mol. The standard InChI is InChI=1S/C10H6N6S/c1-6-8-9(13-5-14-10(8)17-15-6)16-3-2-12-7(16)4-11/h2-3,5H,1H3. The Morgan fingerprint density at radius 2 is 2.24 bits per heavy atom. The van der Waals surface area contributed by atoms with Gasteiger partial charge in [0, 0.05) is 12.4 Å². The van der Waals surface area contributed by atoms with Crippen LogP contribution in [0.3, 0.4) is 0 Å². The molecule has 17 heavy (non-hydrogen) atoms. The minimum absolute atomic E-state index is 0.301. The van der Waals surface area contributed by atoms with Gasteiger partial charge in [0.15, 0.2) is 5.82 Å². The van der Waals surface area contributed by atoms with Crippen LogP contribution in [-0.2, 0) is 0 Å². The first-order chi connectivity index (χ1) is 8.31. The first kappa shape index (κ1) is 9.86. The van der Waals surface area contributed by atoms with Gasteiger partial charge in [0.2, 0.25) is 5.82 Å². The van der Waals surface area contributed by atoms with E-state index < -0.39 is 0 Å². The highest BCUT2D eigenvalue weighted by atomic mass is 32.1. The second-order valence-electron chi connectivity index (χ2n) is 3.38. The maximum Gasteiger partial charge on any atom is 0.218 e. The lowest BCUT2D eigenvalue weighted by atomic mass is 10.3. The van der Waals surface area contributed by atoms with Crippen LogP contribution in [0.5, 0.6) is 0 Å². The second-order valence-corrected chi connectivity index (χ2v) is 4.13. The van der Waals surface area contributed by atoms with Gasteiger partial charge in [0.1, 0.15) is 17.2 Å². The third-order valence-corrected chi connectivity index (χ3v) is 3.24. The molecule has 0 amide bonds. The fourth-order valence-corrected chi connectivity index (χ4v) is 2.38. The summed E-state index contributed by atoms with van der Waals surface area (Å²) < 4.78 is 5.89. The highest BCUT2D eigenvalue weighted by Crippen LogP contribution is 2.25. The number of imidazole rings is 1. The number of aromatic nitrogens is 5. The van der Waals surface area contributed by atoms with Crippen molar-refractivity contribution >= 4 is 21.7 Å². The van der Waals surface area contributed by atoms with E-state index >= 15 is 0 Å². The highest BCUT2D eigenvalue weighted by Gasteiger charge is 2.13. The molecular weight excluding hydrogens is 236 g/mol. The van der Waals surface area contributed by atoms with E-state index in [0.29, 0.717) is 11.6 Å². The van der Waals surface area contributed by atoms with Crippen LogP contribution in [0.2, 0.25) is 0 Å². The summed E-state index contributed by atoms with van der Waals surface area (Å²) in [6.07, 6.45) is 4.75. The molecule has 0 spiro atoms. The van der Waals surface area contributed by atoms with Gasteiger partial charge >= 0.3 is 0 Å². The number of rotatable bonds is 1. The van der Waals surface area contributed by atoms with Gasteiger partial charge in [-0.15, -0.1) is 0 Å². The first-order valence-corrected chi connectivity index (χ1v) is 5.59. The normalized spacial score (nSPS) is 10.6. The summed E-state index contributed by atoms with van der Waals surface area (Å²) in [5, 5.41) is 9.84. The van der Waals surface area contributed by atoms with Crippen LogP contribution in [-0.4, -0.2) is 23.9 Å². The quantitative estimate of drug-likeness (QED) is 0.645. The molecule has 6 nitrogen and oxygen atoms in total. The maximum absolute atomic E-state index is 8.97. The van der Waals surface area contributed by atoms with Gasteiger partial charge in [-0.3, -0.25) is 4.57 Å². The molecular formula is C10H6N6S. The zero-order valence-corrected chi connectivity index (χ0v) is 9.64. The molecule has 0 saturated carbocycles. The van der Waals surface area contributed by atoms with Crippen molar-refractivity contribution in [3.63, 3.8) is 0 Å². The second kappa shape index (κ2) is 3.61. The monoisotopic (exact) mass is 242 g/mol. The molecule has 0 bridgehead atoms. The molecule has 3 heterocycles. The molecule has 3 rings (SSSR count). The van der Waals surface area contributed by atoms with Crippen molar-refractivity contribution in [2.45, 2.75) is 6.92 Å². The van der Waals surface area contributed by atoms with E-state index in [1.54, 1.807) is 17.0 Å². The SMILES string of the molecule is Cc1nsc2ncnc(-n3ccnc3C#N)c12. The van der Waals surface area contributed by atoms with E-state index in [-0.39, 0.29) is 0 Å². The average Bonchev–Trinajstić information content (AvgIpc) is 2.96. The molecule has 0 N–H and O–H groups in total. The largest absolute Gasteiger partial charge is 0.275 e. The topological polar surface area (TPSA) is 80.3 Å². The molecule has 3 aromatic rings. The van der Waals surface area contributed by atoms with Gasteiger partial charge in [-0.05, 0) is 18.5 Å². The Bertz CT molecular complexity index is 735. The summed E-state index contributed by atoms with van der Waals surface area (Å²) in [7, 11) is 0. The summed E-state index contributed by atoms with van der Waals surface area (Å²) in [4.78, 5) is 13.1. The fourth-order valence-electron chi connectivity index (χ4n) is 1.64. The molecule has 0 aliphatic heterocycles. The van der Waals surface area contributed by atoms with Gasteiger partial charge in [0.25, 0.3) is 0 Å². The number of fused-ring (bicyclic) bond motifs is 1. The molecule has 0 radical (unpaired) electrons. The van der Waals surface area contributed by atoms with E-state index in [2.05, 4.69) is 19.3 Å². The summed E-state index contributed by atoms with van der Waals surface area (Å²) in [5.74, 6) is 0.950. The van der Waals surface area contributed by atoms with Crippen LogP contribution in [0, 0.1) is 18.3 Å². The Balaban J connectivity index is 2.38. The average molecular weight is 242 g/mol. The first-order valence-electron chi connectivity index (χ1n) is 4.82. The van der Waals surface area contributed by atoms with Crippen molar-refractivity contribution in [2.75, 3.05) is 0 Å². The summed E-state index contributed by atoms with van der Waals surface area (Å²) in [6.45, 7) is 1.90. The molecule has 0 unspecified atom stereocenters. The van der Waals surface area contributed by atoms with Crippen molar-refractivity contribution < 1.29 is 0 Å². The van der Waals surface area contributed by atoms with E-state index in [4.69, 9.17) is 5.26 Å². The summed E-state index contributed by atoms with van der Waals surface area (Å²) >= 11 is 1.32. The molecule has 0 aliphatic carbocycles. The van der Waals surface area contributed by atoms with Crippen LogP contribution in [0.25, 0.3) is 16.0 Å². The van der Waals surface area contributed by atoms with Crippen molar-refractivity contribution in [2.24, 2.45) is 0 Å². The third kappa shape index (κ3) is 1.38. The van der Waals surface area contributed by atoms with Gasteiger partial charge in [-0.1, -0.05) is 0 Å². The lowest BCUT2D eigenvalue weighted by Crippen LogP contribution is -2.01. The summed E-state index contributed by atoms with van der Waals surface area (Å²) in [6, 6.07) is 2.02. The van der Waals surface area contributed by atoms with Crippen LogP contribution in [0.1, 0.15) is 11.5 Å². The van der Waals surface area contributed by atoms with Crippen LogP contribution >= 0.6 is 11.5 Å². The Morgan fingerprint density at radius 3 is 3.06 bits per heavy atom. The van der Waals surface area contributed by atoms with Gasteiger partial charge in [-0.25, -0.2) is 15.0 Å². The van der Waals surface area contributed by atoms with Crippen molar-refractivity contribution in [1.82, 2.24) is 23.9 Å². The third-order valence-electron chi connectivity index (χ3n) is 2.39. The van der Waals surface area contributed by atoms with E-state index in [0.717, 1.165) is 15.9 Å². The van der Waals surface area contributed by atoms with Gasteiger partial charge in [-0.2, -0.15) is 9.64 Å². The minimum atomic E-state index is 0.301. The zero-order chi connectivity index (χ0) is 11.8. The number of hydrogen-bond donors (Lipinski definition) is 0. The predicted octanol–water partition coefficient (Wildman–Crippen LogP) is 1.45. The zero-order valence-electron chi connectivity index (χ0n) is 8.82. The Morgan fingerprint density at radius 1 is 1.35 bits per heavy atom. The number of nitriles is 1. The molecule has 82 valence electrons. The van der Waals surface area contributed by atoms with Crippen LogP contribution < -0.4 is 0 Å². The van der Waals surface area contributed by atoms with E-state index in [1.807, 2.05) is 13.0 Å². The number of nitrogens with zero attached hydrogens (tertiary/aromatic N) is 6. The van der Waals surface area contributed by atoms with E-state index in [9.17, 15) is 0 Å². The Labute approximate surface area is 100 Å². The van der Waals surface area contributed by atoms with Crippen LogP contribution in [0.15, 0.2) is 18.7 Å². The number of hydrogen-bond acceptors (Lipinski definition) is 6. The van der Waals surface area contributed by atoms with Gasteiger partial charge < -0.3 is 0 Å². The maximum atomic E-state index is 8.97. The van der Waals surface area contributed by atoms with Crippen molar-refractivity contribution in [3.8, 4) is 11.9 Å². The molecule has 3 aromatic heterocycles. The number of aryl methyl sites for hydroxylation is 1. The molecule has 0 aromatic carbocycles. The minimum Gasteiger partial charge on any atom is -0.275 e. The molecule has 0 atom stereocenters. The van der Waals surface area contributed by atoms with Crippen molar-refractivity contribution in [3.05, 3.63) is 30.2 Å². The molecule has 0 fully saturated rings. The summed E-state index contributed by atoms with van der Waals surface area (Å²) in [5.41, 5.74) is 0.859. The Hall–Kier alpha value is -2.33. The lowest BCUT2D eigenvalue weighted by Gasteiger charge is -2.03. The highest BCUT2D eigenvalue weighted by molar-refractivity contribution is 7.13. The lowest BCUT2D eigenvalue weighted by molar-refractivity contribution is 0.968. The Kier molecular flexibility index (Phi) is 2.09. The van der Waals surface area contributed by atoms with E-state index in [1.165, 1.54) is 17.9 Å². The van der Waals surface area contributed by atoms with Crippen molar-refractivity contribution in [1.29, 1.82) is 5.26 Å². The molecule has 0 saturated heterocycles. The van der Waals surface area contributed by atoms with Gasteiger partial charge in [0.05, 0.1) is 11.1 Å². The molecule has 0 aliphatic rings. The smallest absolute Gasteiger partial charge is 0.218 e. The fraction of sp³-hybridized carbons (Fsp3) is 0.100. The van der Waals surface area contributed by atoms with Crippen LogP contribution in [0.4, 0.5) is 0 Å².